The highest BCUT2D eigenvalue weighted by Crippen LogP contribution is 2.76. The highest BCUT2D eigenvalue weighted by Gasteiger charge is 2.52. The van der Waals surface area contributed by atoms with Crippen LogP contribution in [0.25, 0.3) is 0 Å². The number of hydrogen-bond acceptors (Lipinski definition) is 2. The van der Waals surface area contributed by atoms with Gasteiger partial charge in [-0.1, -0.05) is 18.2 Å². The number of benzene rings is 2. The molecular weight excluding hydrogens is 172 g/mol. The third-order valence-electron chi connectivity index (χ3n) is 2.77. The van der Waals surface area contributed by atoms with Crippen LogP contribution in [-0.4, -0.2) is 0 Å². The maximum absolute atomic E-state index is 3.41. The number of fused-ring (bicyclic) bond motifs is 2. The topological polar surface area (TPSA) is 15.0 Å². The zero-order valence-corrected chi connectivity index (χ0v) is 7.49. The molecule has 0 unspecified atom stereocenters. The third-order valence-corrected chi connectivity index (χ3v) is 2.77. The van der Waals surface area contributed by atoms with Gasteiger partial charge in [-0.25, -0.2) is 0 Å². The second kappa shape index (κ2) is 1.93. The summed E-state index contributed by atoms with van der Waals surface area (Å²) in [4.78, 5) is 2.27. The van der Waals surface area contributed by atoms with E-state index in [1.807, 2.05) is 18.2 Å². The summed E-state index contributed by atoms with van der Waals surface area (Å²) in [5, 5.41) is 3.41. The van der Waals surface area contributed by atoms with Crippen LogP contribution in [0.4, 0.5) is 28.4 Å². The number of para-hydroxylation sites is 1. The van der Waals surface area contributed by atoms with Gasteiger partial charge in [-0.3, -0.25) is 0 Å². The normalized spacial score (nSPS) is 13.6. The quantitative estimate of drug-likeness (QED) is 0.475. The molecule has 0 aliphatic carbocycles. The lowest BCUT2D eigenvalue weighted by molar-refractivity contribution is 1.54. The van der Waals surface area contributed by atoms with Gasteiger partial charge in [0.1, 0.15) is 0 Å². The van der Waals surface area contributed by atoms with Crippen LogP contribution in [0.1, 0.15) is 0 Å². The van der Waals surface area contributed by atoms with Crippen molar-refractivity contribution >= 4 is 28.4 Å². The van der Waals surface area contributed by atoms with Crippen LogP contribution in [-0.2, 0) is 0 Å². The molecule has 2 heteroatoms. The first-order valence-corrected chi connectivity index (χ1v) is 4.74. The highest BCUT2D eigenvalue weighted by atomic mass is 15.4. The molecule has 0 fully saturated rings. The molecule has 5 rings (SSSR count). The van der Waals surface area contributed by atoms with Gasteiger partial charge in [-0.2, -0.15) is 0 Å². The van der Waals surface area contributed by atoms with Gasteiger partial charge in [0.2, 0.25) is 0 Å². The van der Waals surface area contributed by atoms with E-state index in [1.54, 1.807) is 0 Å². The van der Waals surface area contributed by atoms with E-state index >= 15 is 0 Å². The van der Waals surface area contributed by atoms with Crippen LogP contribution >= 0.6 is 0 Å². The van der Waals surface area contributed by atoms with E-state index < -0.39 is 0 Å². The summed E-state index contributed by atoms with van der Waals surface area (Å²) in [7, 11) is 0. The Hall–Kier alpha value is -1.96. The zero-order chi connectivity index (χ0) is 9.12. The molecule has 0 spiro atoms. The molecule has 0 saturated carbocycles. The Kier molecular flexibility index (Phi) is 0.892. The number of nitrogens with zero attached hydrogens (tertiary/aromatic N) is 1. The van der Waals surface area contributed by atoms with Crippen LogP contribution in [0, 0.1) is 0 Å². The molecule has 3 aliphatic heterocycles. The van der Waals surface area contributed by atoms with Crippen molar-refractivity contribution in [2.75, 3.05) is 10.2 Å². The maximum Gasteiger partial charge on any atom is 0.0970 e. The molecule has 14 heavy (non-hydrogen) atoms. The average molecular weight is 180 g/mol. The molecule has 1 N–H and O–H groups in total. The van der Waals surface area contributed by atoms with Gasteiger partial charge < -0.3 is 10.2 Å². The maximum atomic E-state index is 3.41. The smallest absolute Gasteiger partial charge is 0.0970 e. The van der Waals surface area contributed by atoms with Crippen molar-refractivity contribution in [3.05, 3.63) is 42.5 Å². The Bertz CT molecular complexity index is 532. The average Bonchev–Trinajstić information content (AvgIpc) is 3.09. The lowest BCUT2D eigenvalue weighted by Gasteiger charge is -2.07. The Morgan fingerprint density at radius 2 is 1.64 bits per heavy atom. The first-order chi connectivity index (χ1) is 6.95. The van der Waals surface area contributed by atoms with Crippen molar-refractivity contribution in [3.63, 3.8) is 0 Å². The number of hydrogen-bond donors (Lipinski definition) is 1. The van der Waals surface area contributed by atoms with E-state index in [0.717, 1.165) is 5.69 Å². The van der Waals surface area contributed by atoms with Gasteiger partial charge in [0, 0.05) is 5.69 Å². The third kappa shape index (κ3) is 0.668. The minimum Gasteiger partial charge on any atom is -0.354 e. The zero-order valence-electron chi connectivity index (χ0n) is 7.49. The highest BCUT2D eigenvalue weighted by molar-refractivity contribution is 6.29. The Morgan fingerprint density at radius 1 is 0.857 bits per heavy atom. The minimum absolute atomic E-state index is 1.15. The van der Waals surface area contributed by atoms with Gasteiger partial charge in [-0.15, -0.1) is 0 Å². The first kappa shape index (κ1) is 6.49. The second-order valence-corrected chi connectivity index (χ2v) is 3.66. The SMILES string of the molecule is c1ccc(Nc2ccc3c4c2N34)cc1. The molecule has 2 nitrogen and oxygen atoms in total. The van der Waals surface area contributed by atoms with Crippen LogP contribution in [0.3, 0.4) is 0 Å². The number of anilines is 5. The van der Waals surface area contributed by atoms with Crippen molar-refractivity contribution in [1.82, 2.24) is 0 Å². The second-order valence-electron chi connectivity index (χ2n) is 3.66. The van der Waals surface area contributed by atoms with Crippen molar-refractivity contribution in [1.29, 1.82) is 0 Å². The van der Waals surface area contributed by atoms with E-state index in [-0.39, 0.29) is 0 Å². The Balaban J connectivity index is 1.71. The molecular formula is C12H8N2. The van der Waals surface area contributed by atoms with Crippen molar-refractivity contribution in [3.8, 4) is 0 Å². The summed E-state index contributed by atoms with van der Waals surface area (Å²) < 4.78 is 0. The summed E-state index contributed by atoms with van der Waals surface area (Å²) in [6.45, 7) is 0. The van der Waals surface area contributed by atoms with Crippen molar-refractivity contribution in [2.45, 2.75) is 0 Å². The van der Waals surface area contributed by atoms with E-state index in [0.29, 0.717) is 0 Å². The predicted octanol–water partition coefficient (Wildman–Crippen LogP) is 3.53. The van der Waals surface area contributed by atoms with E-state index in [2.05, 4.69) is 34.5 Å². The fourth-order valence-corrected chi connectivity index (χ4v) is 1.95. The largest absolute Gasteiger partial charge is 0.354 e. The van der Waals surface area contributed by atoms with Crippen LogP contribution in [0.2, 0.25) is 0 Å². The molecule has 3 aliphatic rings. The molecule has 3 heterocycles. The molecule has 2 aromatic carbocycles. The van der Waals surface area contributed by atoms with Crippen molar-refractivity contribution in [2.24, 2.45) is 0 Å². The van der Waals surface area contributed by atoms with Gasteiger partial charge in [-0.05, 0) is 24.3 Å². The molecule has 0 atom stereocenters. The van der Waals surface area contributed by atoms with E-state index in [1.165, 1.54) is 22.7 Å². The monoisotopic (exact) mass is 180 g/mol. The molecule has 2 aromatic rings. The number of rotatable bonds is 2. The summed E-state index contributed by atoms with van der Waals surface area (Å²) in [6, 6.07) is 14.6. The summed E-state index contributed by atoms with van der Waals surface area (Å²) in [6.07, 6.45) is 0. The lowest BCUT2D eigenvalue weighted by atomic mass is 10.2. The molecule has 0 amide bonds. The number of nitrogens with one attached hydrogen (secondary N) is 1. The molecule has 66 valence electrons. The standard InChI is InChI=1S/C12H8N2/c1-2-4-8(5-3-1)13-9-6-7-10-12-11(9)14(10)12/h1-7,13H. The van der Waals surface area contributed by atoms with E-state index in [4.69, 9.17) is 0 Å². The van der Waals surface area contributed by atoms with Crippen molar-refractivity contribution < 1.29 is 0 Å². The fraction of sp³-hybridized carbons (Fsp3) is 0. The summed E-state index contributed by atoms with van der Waals surface area (Å²) >= 11 is 0. The Labute approximate surface area is 81.8 Å². The van der Waals surface area contributed by atoms with Crippen LogP contribution in [0.15, 0.2) is 42.5 Å². The molecule has 0 aromatic heterocycles. The molecule has 0 radical (unpaired) electrons. The van der Waals surface area contributed by atoms with E-state index in [9.17, 15) is 0 Å². The molecule has 0 saturated heterocycles. The minimum atomic E-state index is 1.15. The van der Waals surface area contributed by atoms with Gasteiger partial charge in [0.05, 0.1) is 22.7 Å². The first-order valence-electron chi connectivity index (χ1n) is 4.74. The summed E-state index contributed by atoms with van der Waals surface area (Å²) in [5.41, 5.74) is 6.59. The predicted molar refractivity (Wildman–Crippen MR) is 58.0 cm³/mol. The Morgan fingerprint density at radius 3 is 2.36 bits per heavy atom. The fourth-order valence-electron chi connectivity index (χ4n) is 1.95. The van der Waals surface area contributed by atoms with Gasteiger partial charge >= 0.3 is 0 Å². The van der Waals surface area contributed by atoms with Gasteiger partial charge in [0.15, 0.2) is 0 Å². The van der Waals surface area contributed by atoms with Crippen LogP contribution < -0.4 is 10.2 Å². The lowest BCUT2D eigenvalue weighted by Crippen LogP contribution is -1.91. The molecule has 2 bridgehead atoms. The van der Waals surface area contributed by atoms with Gasteiger partial charge in [0.25, 0.3) is 0 Å². The van der Waals surface area contributed by atoms with Crippen LogP contribution in [0.5, 0.6) is 0 Å². The summed E-state index contributed by atoms with van der Waals surface area (Å²) in [5.74, 6) is 0.